The van der Waals surface area contributed by atoms with E-state index in [1.54, 1.807) is 0 Å². The molecule has 0 bridgehead atoms. The van der Waals surface area contributed by atoms with Gasteiger partial charge in [-0.25, -0.2) is 9.97 Å². The van der Waals surface area contributed by atoms with Gasteiger partial charge < -0.3 is 10.1 Å². The predicted molar refractivity (Wildman–Crippen MR) is 84.8 cm³/mol. The fraction of sp³-hybridized carbons (Fsp3) is 0.250. The van der Waals surface area contributed by atoms with Crippen LogP contribution in [0.1, 0.15) is 27.6 Å². The number of ether oxygens (including phenoxy) is 1. The van der Waals surface area contributed by atoms with Crippen molar-refractivity contribution in [1.29, 1.82) is 0 Å². The minimum absolute atomic E-state index is 0.0409. The molecule has 1 unspecified atom stereocenters. The molecular weight excluding hydrogens is 310 g/mol. The third-order valence-electron chi connectivity index (χ3n) is 4.09. The molecular formula is C16H15N5O3. The van der Waals surface area contributed by atoms with Crippen LogP contribution in [0.2, 0.25) is 0 Å². The Morgan fingerprint density at radius 1 is 1.38 bits per heavy atom. The zero-order valence-electron chi connectivity index (χ0n) is 12.7. The Bertz CT molecular complexity index is 962. The van der Waals surface area contributed by atoms with E-state index in [1.807, 2.05) is 18.2 Å². The Hall–Kier alpha value is -3.00. The van der Waals surface area contributed by atoms with Crippen molar-refractivity contribution in [3.8, 4) is 0 Å². The zero-order chi connectivity index (χ0) is 16.5. The maximum absolute atomic E-state index is 12.3. The first-order valence-electron chi connectivity index (χ1n) is 7.63. The molecule has 3 aromatic rings. The number of carbonyl (C=O) groups is 1. The monoisotopic (exact) mass is 325 g/mol. The molecule has 1 aliphatic rings. The number of hydrogen-bond acceptors (Lipinski definition) is 5. The number of benzene rings is 1. The maximum Gasteiger partial charge on any atom is 0.286 e. The van der Waals surface area contributed by atoms with E-state index < -0.39 is 11.5 Å². The van der Waals surface area contributed by atoms with Crippen LogP contribution in [0.4, 0.5) is 0 Å². The summed E-state index contributed by atoms with van der Waals surface area (Å²) in [6, 6.07) is 8.00. The number of carbonyl (C=O) groups excluding carboxylic acids is 1. The molecule has 1 aliphatic heterocycles. The van der Waals surface area contributed by atoms with Gasteiger partial charge in [0.15, 0.2) is 0 Å². The molecule has 2 aromatic heterocycles. The summed E-state index contributed by atoms with van der Waals surface area (Å²) in [5.74, 6) is -0.260. The predicted octanol–water partition coefficient (Wildman–Crippen LogP) is 0.461. The third kappa shape index (κ3) is 2.46. The number of amides is 1. The highest BCUT2D eigenvalue weighted by molar-refractivity contribution is 5.93. The highest BCUT2D eigenvalue weighted by Gasteiger charge is 2.22. The minimum atomic E-state index is -0.486. The first-order chi connectivity index (χ1) is 11.7. The number of H-pyrrole nitrogens is 1. The average molecular weight is 325 g/mol. The van der Waals surface area contributed by atoms with Crippen molar-refractivity contribution in [3.63, 3.8) is 0 Å². The van der Waals surface area contributed by atoms with Crippen molar-refractivity contribution in [2.24, 2.45) is 0 Å². The van der Waals surface area contributed by atoms with Crippen molar-refractivity contribution in [3.05, 3.63) is 63.8 Å². The average Bonchev–Trinajstić information content (AvgIpc) is 3.09. The van der Waals surface area contributed by atoms with Gasteiger partial charge in [-0.3, -0.25) is 14.7 Å². The second-order valence-electron chi connectivity index (χ2n) is 5.52. The van der Waals surface area contributed by atoms with Crippen LogP contribution in [0.3, 0.4) is 0 Å². The van der Waals surface area contributed by atoms with Crippen molar-refractivity contribution in [2.75, 3.05) is 13.2 Å². The summed E-state index contributed by atoms with van der Waals surface area (Å²) >= 11 is 0. The topological polar surface area (TPSA) is 101 Å². The van der Waals surface area contributed by atoms with Gasteiger partial charge in [-0.1, -0.05) is 24.3 Å². The lowest BCUT2D eigenvalue weighted by atomic mass is 9.97. The summed E-state index contributed by atoms with van der Waals surface area (Å²) < 4.78 is 6.88. The fourth-order valence-corrected chi connectivity index (χ4v) is 2.88. The molecule has 122 valence electrons. The summed E-state index contributed by atoms with van der Waals surface area (Å²) in [4.78, 5) is 32.4. The molecule has 0 saturated heterocycles. The van der Waals surface area contributed by atoms with E-state index in [2.05, 4.69) is 26.4 Å². The van der Waals surface area contributed by atoms with Gasteiger partial charge in [-0.05, 0) is 17.5 Å². The van der Waals surface area contributed by atoms with E-state index >= 15 is 0 Å². The number of nitrogens with zero attached hydrogens (tertiary/aromatic N) is 3. The minimum Gasteiger partial charge on any atom is -0.371 e. The molecule has 1 amide bonds. The summed E-state index contributed by atoms with van der Waals surface area (Å²) in [6.07, 6.45) is 3.23. The molecule has 0 aliphatic carbocycles. The third-order valence-corrected chi connectivity index (χ3v) is 4.09. The van der Waals surface area contributed by atoms with Gasteiger partial charge in [0.1, 0.15) is 18.0 Å². The molecule has 0 spiro atoms. The lowest BCUT2D eigenvalue weighted by molar-refractivity contribution is 0.0411. The van der Waals surface area contributed by atoms with Crippen LogP contribution in [0.25, 0.3) is 5.78 Å². The Morgan fingerprint density at radius 2 is 2.25 bits per heavy atom. The van der Waals surface area contributed by atoms with Gasteiger partial charge in [0, 0.05) is 12.7 Å². The highest BCUT2D eigenvalue weighted by Crippen LogP contribution is 2.26. The van der Waals surface area contributed by atoms with Gasteiger partial charge in [-0.15, -0.1) is 0 Å². The van der Waals surface area contributed by atoms with Crippen LogP contribution in [-0.2, 0) is 11.2 Å². The van der Waals surface area contributed by atoms with Crippen LogP contribution in [0.5, 0.6) is 0 Å². The molecule has 1 atom stereocenters. The van der Waals surface area contributed by atoms with Gasteiger partial charge in [0.05, 0.1) is 6.61 Å². The second-order valence-corrected chi connectivity index (χ2v) is 5.52. The summed E-state index contributed by atoms with van der Waals surface area (Å²) in [5, 5.41) is 5.38. The Kier molecular flexibility index (Phi) is 3.58. The fourth-order valence-electron chi connectivity index (χ4n) is 2.88. The van der Waals surface area contributed by atoms with E-state index in [-0.39, 0.29) is 17.4 Å². The molecule has 4 rings (SSSR count). The van der Waals surface area contributed by atoms with Gasteiger partial charge >= 0.3 is 0 Å². The van der Waals surface area contributed by atoms with Crippen LogP contribution < -0.4 is 10.9 Å². The largest absolute Gasteiger partial charge is 0.371 e. The number of aromatic nitrogens is 4. The Labute approximate surface area is 136 Å². The molecule has 2 N–H and O–H groups in total. The van der Waals surface area contributed by atoms with E-state index in [1.165, 1.54) is 18.1 Å². The van der Waals surface area contributed by atoms with E-state index in [9.17, 15) is 9.59 Å². The molecule has 8 heteroatoms. The number of hydrogen-bond donors (Lipinski definition) is 2. The Morgan fingerprint density at radius 3 is 3.17 bits per heavy atom. The number of nitrogens with one attached hydrogen (secondary N) is 2. The number of fused-ring (bicyclic) bond motifs is 2. The maximum atomic E-state index is 12.3. The van der Waals surface area contributed by atoms with Crippen molar-refractivity contribution < 1.29 is 9.53 Å². The standard InChI is InChI=1S/C16H15N5O3/c22-14(12-7-18-16-19-9-20-21(16)15(12)23)17-8-13-11-4-2-1-3-10(11)5-6-24-13/h1-4,7,9,13H,5-6,8H2,(H,17,22)(H,18,19,20). The summed E-state index contributed by atoms with van der Waals surface area (Å²) in [6.45, 7) is 0.906. The van der Waals surface area contributed by atoms with Crippen LogP contribution in [-0.4, -0.2) is 38.6 Å². The molecule has 0 radical (unpaired) electrons. The molecule has 24 heavy (non-hydrogen) atoms. The van der Waals surface area contributed by atoms with Crippen molar-refractivity contribution in [1.82, 2.24) is 24.9 Å². The molecule has 0 saturated carbocycles. The Balaban J connectivity index is 1.53. The van der Waals surface area contributed by atoms with Crippen molar-refractivity contribution in [2.45, 2.75) is 12.5 Å². The summed E-state index contributed by atoms with van der Waals surface area (Å²) in [7, 11) is 0. The van der Waals surface area contributed by atoms with E-state index in [0.717, 1.165) is 16.5 Å². The SMILES string of the molecule is O=C(NCC1OCCc2ccccc21)c1cnc2nc[nH]n2c1=O. The lowest BCUT2D eigenvalue weighted by Crippen LogP contribution is -2.35. The zero-order valence-corrected chi connectivity index (χ0v) is 12.7. The first kappa shape index (κ1) is 14.6. The van der Waals surface area contributed by atoms with Crippen LogP contribution in [0, 0.1) is 0 Å². The molecule has 3 heterocycles. The molecule has 8 nitrogen and oxygen atoms in total. The smallest absolute Gasteiger partial charge is 0.286 e. The van der Waals surface area contributed by atoms with Gasteiger partial charge in [0.2, 0.25) is 0 Å². The molecule has 0 fully saturated rings. The summed E-state index contributed by atoms with van der Waals surface area (Å²) in [5.41, 5.74) is 1.77. The highest BCUT2D eigenvalue weighted by atomic mass is 16.5. The van der Waals surface area contributed by atoms with E-state index in [0.29, 0.717) is 13.2 Å². The molecule has 1 aromatic carbocycles. The normalized spacial score (nSPS) is 16.8. The number of rotatable bonds is 3. The van der Waals surface area contributed by atoms with Gasteiger partial charge in [0.25, 0.3) is 17.2 Å². The lowest BCUT2D eigenvalue weighted by Gasteiger charge is -2.26. The van der Waals surface area contributed by atoms with Crippen molar-refractivity contribution >= 4 is 11.7 Å². The first-order valence-corrected chi connectivity index (χ1v) is 7.63. The van der Waals surface area contributed by atoms with Crippen LogP contribution in [0.15, 0.2) is 41.6 Å². The quantitative estimate of drug-likeness (QED) is 0.728. The van der Waals surface area contributed by atoms with Gasteiger partial charge in [-0.2, -0.15) is 4.52 Å². The number of aromatic amines is 1. The second kappa shape index (κ2) is 5.89. The van der Waals surface area contributed by atoms with E-state index in [4.69, 9.17) is 4.74 Å². The van der Waals surface area contributed by atoms with Crippen LogP contribution >= 0.6 is 0 Å².